The van der Waals surface area contributed by atoms with Crippen LogP contribution in [0.15, 0.2) is 10.8 Å². The number of aliphatic hydroxyl groups is 1. The lowest BCUT2D eigenvalue weighted by atomic mass is 10.2. The average molecular weight is 301 g/mol. The van der Waals surface area contributed by atoms with E-state index in [0.29, 0.717) is 0 Å². The minimum atomic E-state index is 0.174. The lowest BCUT2D eigenvalue weighted by Crippen LogP contribution is -2.33. The Kier molecular flexibility index (Phi) is 4.17. The first-order valence-corrected chi connectivity index (χ1v) is 6.69. The summed E-state index contributed by atoms with van der Waals surface area (Å²) >= 11 is 3.54. The summed E-state index contributed by atoms with van der Waals surface area (Å²) in [6, 6.07) is 0.177. The first kappa shape index (κ1) is 12.6. The minimum Gasteiger partial charge on any atom is -0.394 e. The molecule has 94 valence electrons. The number of hydrogen-bond acceptors (Lipinski definition) is 5. The molecule has 1 aromatic heterocycles. The highest BCUT2D eigenvalue weighted by Gasteiger charge is 2.27. The molecule has 1 unspecified atom stereocenters. The Bertz CT molecular complexity index is 388. The standard InChI is InChI=1S/C11H17BrN4O/c1-2-13-10-9(12)11(15-7-14-10)16-5-3-4-8(16)6-17/h7-8,17H,2-6H2,1H3,(H,13,14,15). The molecule has 6 heteroatoms. The third kappa shape index (κ3) is 2.52. The van der Waals surface area contributed by atoms with Crippen molar-refractivity contribution in [2.45, 2.75) is 25.8 Å². The monoisotopic (exact) mass is 300 g/mol. The molecule has 1 aromatic rings. The lowest BCUT2D eigenvalue weighted by molar-refractivity contribution is 0.266. The van der Waals surface area contributed by atoms with Crippen LogP contribution in [0.5, 0.6) is 0 Å². The van der Waals surface area contributed by atoms with E-state index in [0.717, 1.165) is 42.0 Å². The van der Waals surface area contributed by atoms with E-state index in [1.54, 1.807) is 6.33 Å². The average Bonchev–Trinajstić information content (AvgIpc) is 2.80. The van der Waals surface area contributed by atoms with Gasteiger partial charge in [0.1, 0.15) is 22.4 Å². The second-order valence-electron chi connectivity index (χ2n) is 4.06. The summed E-state index contributed by atoms with van der Waals surface area (Å²) in [5.41, 5.74) is 0. The van der Waals surface area contributed by atoms with Gasteiger partial charge in [-0.2, -0.15) is 0 Å². The highest BCUT2D eigenvalue weighted by molar-refractivity contribution is 9.10. The molecule has 5 nitrogen and oxygen atoms in total. The van der Waals surface area contributed by atoms with Crippen LogP contribution < -0.4 is 10.2 Å². The molecule has 1 saturated heterocycles. The number of anilines is 2. The third-order valence-electron chi connectivity index (χ3n) is 2.98. The zero-order valence-electron chi connectivity index (χ0n) is 9.86. The summed E-state index contributed by atoms with van der Waals surface area (Å²) in [7, 11) is 0. The zero-order valence-corrected chi connectivity index (χ0v) is 11.4. The molecule has 0 saturated carbocycles. The normalized spacial score (nSPS) is 19.7. The SMILES string of the molecule is CCNc1ncnc(N2CCCC2CO)c1Br. The minimum absolute atomic E-state index is 0.174. The predicted octanol–water partition coefficient (Wildman–Crippen LogP) is 1.63. The van der Waals surface area contributed by atoms with Gasteiger partial charge in [0, 0.05) is 13.1 Å². The van der Waals surface area contributed by atoms with Crippen molar-refractivity contribution < 1.29 is 5.11 Å². The Morgan fingerprint density at radius 2 is 2.41 bits per heavy atom. The molecule has 1 aliphatic heterocycles. The van der Waals surface area contributed by atoms with E-state index >= 15 is 0 Å². The Hall–Kier alpha value is -0.880. The summed E-state index contributed by atoms with van der Waals surface area (Å²) < 4.78 is 0.877. The van der Waals surface area contributed by atoms with Gasteiger partial charge in [0.25, 0.3) is 0 Å². The fourth-order valence-corrected chi connectivity index (χ4v) is 2.73. The van der Waals surface area contributed by atoms with Gasteiger partial charge < -0.3 is 15.3 Å². The zero-order chi connectivity index (χ0) is 12.3. The molecule has 1 atom stereocenters. The number of hydrogen-bond donors (Lipinski definition) is 2. The first-order chi connectivity index (χ1) is 8.27. The summed E-state index contributed by atoms with van der Waals surface area (Å²) in [5.74, 6) is 1.67. The molecular weight excluding hydrogens is 284 g/mol. The van der Waals surface area contributed by atoms with Crippen LogP contribution in [-0.4, -0.2) is 40.8 Å². The molecule has 0 spiro atoms. The first-order valence-electron chi connectivity index (χ1n) is 5.89. The van der Waals surface area contributed by atoms with Crippen molar-refractivity contribution >= 4 is 27.6 Å². The van der Waals surface area contributed by atoms with Gasteiger partial charge in [-0.15, -0.1) is 0 Å². The molecule has 0 bridgehead atoms. The number of halogens is 1. The number of aromatic nitrogens is 2. The predicted molar refractivity (Wildman–Crippen MR) is 71.3 cm³/mol. The maximum absolute atomic E-state index is 9.35. The molecule has 2 heterocycles. The smallest absolute Gasteiger partial charge is 0.148 e. The number of aliphatic hydroxyl groups excluding tert-OH is 1. The van der Waals surface area contributed by atoms with Crippen molar-refractivity contribution in [1.82, 2.24) is 9.97 Å². The fourth-order valence-electron chi connectivity index (χ4n) is 2.16. The van der Waals surface area contributed by atoms with Gasteiger partial charge in [-0.3, -0.25) is 0 Å². The van der Waals surface area contributed by atoms with Crippen molar-refractivity contribution in [1.29, 1.82) is 0 Å². The summed E-state index contributed by atoms with van der Waals surface area (Å²) in [4.78, 5) is 10.7. The quantitative estimate of drug-likeness (QED) is 0.885. The molecule has 0 aromatic carbocycles. The van der Waals surface area contributed by atoms with Crippen LogP contribution in [0.4, 0.5) is 11.6 Å². The van der Waals surface area contributed by atoms with Gasteiger partial charge in [0.05, 0.1) is 12.6 Å². The van der Waals surface area contributed by atoms with Crippen LogP contribution >= 0.6 is 15.9 Å². The topological polar surface area (TPSA) is 61.3 Å². The maximum atomic E-state index is 9.35. The summed E-state index contributed by atoms with van der Waals surface area (Å²) in [6.07, 6.45) is 3.67. The Morgan fingerprint density at radius 3 is 3.12 bits per heavy atom. The van der Waals surface area contributed by atoms with Gasteiger partial charge in [-0.05, 0) is 35.7 Å². The molecule has 0 radical (unpaired) electrons. The van der Waals surface area contributed by atoms with Crippen LogP contribution in [0, 0.1) is 0 Å². The molecule has 2 N–H and O–H groups in total. The van der Waals surface area contributed by atoms with Crippen LogP contribution in [-0.2, 0) is 0 Å². The van der Waals surface area contributed by atoms with Crippen LogP contribution in [0.1, 0.15) is 19.8 Å². The number of nitrogens with one attached hydrogen (secondary N) is 1. The lowest BCUT2D eigenvalue weighted by Gasteiger charge is -2.25. The second-order valence-corrected chi connectivity index (χ2v) is 4.86. The molecule has 17 heavy (non-hydrogen) atoms. The molecule has 2 rings (SSSR count). The van der Waals surface area contributed by atoms with Crippen molar-refractivity contribution in [2.24, 2.45) is 0 Å². The van der Waals surface area contributed by atoms with Gasteiger partial charge in [-0.1, -0.05) is 0 Å². The Morgan fingerprint density at radius 1 is 1.59 bits per heavy atom. The molecule has 1 fully saturated rings. The Labute approximate surface area is 109 Å². The van der Waals surface area contributed by atoms with E-state index < -0.39 is 0 Å². The van der Waals surface area contributed by atoms with Gasteiger partial charge in [0.2, 0.25) is 0 Å². The van der Waals surface area contributed by atoms with Crippen LogP contribution in [0.25, 0.3) is 0 Å². The summed E-state index contributed by atoms with van der Waals surface area (Å²) in [6.45, 7) is 3.96. The van der Waals surface area contributed by atoms with Gasteiger partial charge in [-0.25, -0.2) is 9.97 Å². The molecular formula is C11H17BrN4O. The Balaban J connectivity index is 2.28. The van der Waals surface area contributed by atoms with E-state index in [9.17, 15) is 5.11 Å². The highest BCUT2D eigenvalue weighted by atomic mass is 79.9. The third-order valence-corrected chi connectivity index (χ3v) is 3.71. The van der Waals surface area contributed by atoms with E-state index in [2.05, 4.69) is 36.1 Å². The fraction of sp³-hybridized carbons (Fsp3) is 0.636. The second kappa shape index (κ2) is 5.64. The van der Waals surface area contributed by atoms with E-state index in [-0.39, 0.29) is 12.6 Å². The van der Waals surface area contributed by atoms with E-state index in [4.69, 9.17) is 0 Å². The van der Waals surface area contributed by atoms with Crippen molar-refractivity contribution in [3.05, 3.63) is 10.8 Å². The maximum Gasteiger partial charge on any atom is 0.148 e. The van der Waals surface area contributed by atoms with Gasteiger partial charge >= 0.3 is 0 Å². The van der Waals surface area contributed by atoms with Crippen LogP contribution in [0.2, 0.25) is 0 Å². The molecule has 1 aliphatic rings. The largest absolute Gasteiger partial charge is 0.394 e. The highest BCUT2D eigenvalue weighted by Crippen LogP contribution is 2.33. The van der Waals surface area contributed by atoms with Crippen molar-refractivity contribution in [3.63, 3.8) is 0 Å². The van der Waals surface area contributed by atoms with Gasteiger partial charge in [0.15, 0.2) is 0 Å². The van der Waals surface area contributed by atoms with Crippen molar-refractivity contribution in [2.75, 3.05) is 29.9 Å². The van der Waals surface area contributed by atoms with Crippen LogP contribution in [0.3, 0.4) is 0 Å². The number of rotatable bonds is 4. The van der Waals surface area contributed by atoms with E-state index in [1.165, 1.54) is 0 Å². The number of nitrogens with zero attached hydrogens (tertiary/aromatic N) is 3. The molecule has 0 amide bonds. The molecule has 0 aliphatic carbocycles. The van der Waals surface area contributed by atoms with E-state index in [1.807, 2.05) is 6.92 Å². The van der Waals surface area contributed by atoms with Crippen molar-refractivity contribution in [3.8, 4) is 0 Å². The summed E-state index contributed by atoms with van der Waals surface area (Å²) in [5, 5.41) is 12.5.